The molecule has 4 aromatic carbocycles. The molecule has 0 amide bonds. The van der Waals surface area contributed by atoms with Crippen LogP contribution in [0.25, 0.3) is 38.6 Å². The van der Waals surface area contributed by atoms with Gasteiger partial charge in [-0.15, -0.1) is 0 Å². The van der Waals surface area contributed by atoms with Gasteiger partial charge in [-0.3, -0.25) is 0 Å². The number of halogens is 1. The van der Waals surface area contributed by atoms with Crippen LogP contribution in [0, 0.1) is 20.8 Å². The Bertz CT molecular complexity index is 1520. The number of nitrogens with zero attached hydrogens (tertiary/aromatic N) is 2. The maximum atomic E-state index is 5.97. The Balaban J connectivity index is 0.00000289. The number of hydrogen-bond donors (Lipinski definition) is 0. The van der Waals surface area contributed by atoms with Gasteiger partial charge in [-0.1, -0.05) is 42.0 Å². The van der Waals surface area contributed by atoms with Crippen molar-refractivity contribution < 1.29 is 26.3 Å². The molecule has 0 N–H and O–H groups in total. The molecule has 0 atom stereocenters. The molecule has 5 rings (SSSR count). The van der Waals surface area contributed by atoms with Gasteiger partial charge in [-0.05, 0) is 55.7 Å². The number of benzene rings is 4. The Hall–Kier alpha value is -3.37. The smallest absolute Gasteiger partial charge is 0.223 e. The predicted octanol–water partition coefficient (Wildman–Crippen LogP) is 3.94. The Labute approximate surface area is 218 Å². The average molecular weight is 528 g/mol. The normalized spacial score (nSPS) is 10.9. The van der Waals surface area contributed by atoms with Crippen molar-refractivity contribution in [3.63, 3.8) is 0 Å². The van der Waals surface area contributed by atoms with Gasteiger partial charge in [0.15, 0.2) is 0 Å². The van der Waals surface area contributed by atoms with E-state index in [1.54, 1.807) is 7.11 Å². The molecule has 3 nitrogen and oxygen atoms in total. The molecule has 0 aliphatic rings. The molecular formula is C31H31BrN2O. The van der Waals surface area contributed by atoms with Crippen molar-refractivity contribution in [3.8, 4) is 22.6 Å². The second-order valence-electron chi connectivity index (χ2n) is 9.27. The summed E-state index contributed by atoms with van der Waals surface area (Å²) in [5.41, 5.74) is 11.0. The van der Waals surface area contributed by atoms with Gasteiger partial charge in [-0.2, -0.15) is 4.57 Å². The third-order valence-corrected chi connectivity index (χ3v) is 6.66. The number of aryl methyl sites for hydroxylation is 3. The van der Waals surface area contributed by atoms with E-state index in [0.717, 1.165) is 22.3 Å². The summed E-state index contributed by atoms with van der Waals surface area (Å²) in [6.07, 6.45) is 0. The molecule has 0 saturated carbocycles. The maximum absolute atomic E-state index is 5.97. The molecule has 0 unspecified atom stereocenters. The van der Waals surface area contributed by atoms with Gasteiger partial charge < -0.3 is 26.6 Å². The molecule has 0 spiro atoms. The Morgan fingerprint density at radius 3 is 2.03 bits per heavy atom. The summed E-state index contributed by atoms with van der Waals surface area (Å²) < 4.78 is 8.34. The van der Waals surface area contributed by atoms with E-state index in [2.05, 4.69) is 123 Å². The van der Waals surface area contributed by atoms with Crippen LogP contribution in [0.5, 0.6) is 5.75 Å². The standard InChI is InChI=1S/C31H31N2O.BrH/c1-20-17-21(2)29(22(3)18-20)30-25-16-15-24(32(4)5)19-27(25)33(23-11-8-7-9-12-23)26-13-10-14-28(34-6)31(26)30;/h7-19H,1-6H3;1H/q+1;/p-1. The van der Waals surface area contributed by atoms with Crippen molar-refractivity contribution in [2.24, 2.45) is 0 Å². The largest absolute Gasteiger partial charge is 1.00 e. The van der Waals surface area contributed by atoms with Crippen LogP contribution in [0.4, 0.5) is 5.69 Å². The highest BCUT2D eigenvalue weighted by Gasteiger charge is 2.27. The highest BCUT2D eigenvalue weighted by Crippen LogP contribution is 2.42. The zero-order chi connectivity index (χ0) is 24.0. The second-order valence-corrected chi connectivity index (χ2v) is 9.27. The van der Waals surface area contributed by atoms with Crippen LogP contribution in [0.1, 0.15) is 16.7 Å². The lowest BCUT2D eigenvalue weighted by atomic mass is 9.88. The summed E-state index contributed by atoms with van der Waals surface area (Å²) in [6.45, 7) is 6.60. The quantitative estimate of drug-likeness (QED) is 0.260. The van der Waals surface area contributed by atoms with E-state index >= 15 is 0 Å². The van der Waals surface area contributed by atoms with Crippen molar-refractivity contribution in [1.29, 1.82) is 0 Å². The van der Waals surface area contributed by atoms with Crippen LogP contribution >= 0.6 is 0 Å². The first-order valence-corrected chi connectivity index (χ1v) is 11.7. The van der Waals surface area contributed by atoms with Gasteiger partial charge in [0, 0.05) is 49.6 Å². The molecule has 1 aromatic heterocycles. The van der Waals surface area contributed by atoms with Crippen LogP contribution in [0.3, 0.4) is 0 Å². The van der Waals surface area contributed by atoms with Crippen molar-refractivity contribution in [2.45, 2.75) is 20.8 Å². The van der Waals surface area contributed by atoms with Gasteiger partial charge in [0.25, 0.3) is 0 Å². The fourth-order valence-electron chi connectivity index (χ4n) is 5.28. The summed E-state index contributed by atoms with van der Waals surface area (Å²) in [4.78, 5) is 2.16. The van der Waals surface area contributed by atoms with Crippen molar-refractivity contribution in [3.05, 3.63) is 95.6 Å². The molecule has 35 heavy (non-hydrogen) atoms. The number of aromatic nitrogens is 1. The molecular weight excluding hydrogens is 496 g/mol. The van der Waals surface area contributed by atoms with E-state index in [-0.39, 0.29) is 17.0 Å². The van der Waals surface area contributed by atoms with E-state index in [1.807, 2.05) is 0 Å². The van der Waals surface area contributed by atoms with Crippen LogP contribution in [-0.4, -0.2) is 21.2 Å². The monoisotopic (exact) mass is 526 g/mol. The number of methoxy groups -OCH3 is 1. The minimum atomic E-state index is 0. The van der Waals surface area contributed by atoms with Gasteiger partial charge in [0.05, 0.1) is 17.9 Å². The van der Waals surface area contributed by atoms with Gasteiger partial charge >= 0.3 is 0 Å². The summed E-state index contributed by atoms with van der Waals surface area (Å²) in [5.74, 6) is 0.884. The van der Waals surface area contributed by atoms with Crippen LogP contribution in [0.2, 0.25) is 0 Å². The molecule has 5 aromatic rings. The third kappa shape index (κ3) is 4.17. The summed E-state index contributed by atoms with van der Waals surface area (Å²) in [5, 5.41) is 2.34. The highest BCUT2D eigenvalue weighted by molar-refractivity contribution is 6.11. The van der Waals surface area contributed by atoms with Crippen LogP contribution < -0.4 is 31.2 Å². The van der Waals surface area contributed by atoms with Crippen LogP contribution in [0.15, 0.2) is 78.9 Å². The van der Waals surface area contributed by atoms with Crippen molar-refractivity contribution >= 4 is 27.5 Å². The van der Waals surface area contributed by atoms with Crippen molar-refractivity contribution in [1.82, 2.24) is 0 Å². The molecule has 178 valence electrons. The molecule has 0 aliphatic heterocycles. The number of pyridine rings is 1. The third-order valence-electron chi connectivity index (χ3n) is 6.66. The maximum Gasteiger partial charge on any atom is 0.223 e. The molecule has 0 aliphatic carbocycles. The molecule has 4 heteroatoms. The van der Waals surface area contributed by atoms with Crippen LogP contribution in [-0.2, 0) is 0 Å². The fourth-order valence-corrected chi connectivity index (χ4v) is 5.28. The average Bonchev–Trinajstić information content (AvgIpc) is 2.82. The van der Waals surface area contributed by atoms with Gasteiger partial charge in [-0.25, -0.2) is 0 Å². The fraction of sp³-hybridized carbons (Fsp3) is 0.194. The first-order valence-electron chi connectivity index (χ1n) is 11.7. The molecule has 0 saturated heterocycles. The number of hydrogen-bond acceptors (Lipinski definition) is 2. The van der Waals surface area contributed by atoms with Gasteiger partial charge in [0.2, 0.25) is 16.7 Å². The van der Waals surface area contributed by atoms with Crippen molar-refractivity contribution in [2.75, 3.05) is 26.1 Å². The lowest BCUT2D eigenvalue weighted by Crippen LogP contribution is -3.00. The first-order chi connectivity index (χ1) is 16.4. The summed E-state index contributed by atoms with van der Waals surface area (Å²) >= 11 is 0. The van der Waals surface area contributed by atoms with Gasteiger partial charge in [0.1, 0.15) is 5.75 Å². The summed E-state index contributed by atoms with van der Waals surface area (Å²) in [7, 11) is 5.94. The van der Waals surface area contributed by atoms with E-state index in [0.29, 0.717) is 0 Å². The molecule has 0 radical (unpaired) electrons. The minimum Gasteiger partial charge on any atom is -1.00 e. The SMILES string of the molecule is COc1cccc2c1c(-c1c(C)cc(C)cc1C)c1ccc(N(C)C)cc1[n+]2-c1ccccc1.[Br-]. The number of ether oxygens (including phenoxy) is 1. The Morgan fingerprint density at radius 1 is 0.714 bits per heavy atom. The second kappa shape index (κ2) is 9.71. The number of anilines is 1. The zero-order valence-corrected chi connectivity index (χ0v) is 22.8. The van der Waals surface area contributed by atoms with E-state index in [1.165, 1.54) is 44.4 Å². The summed E-state index contributed by atoms with van der Waals surface area (Å²) in [6, 6.07) is 28.3. The lowest BCUT2D eigenvalue weighted by Gasteiger charge is -2.19. The number of para-hydroxylation sites is 1. The van der Waals surface area contributed by atoms with E-state index < -0.39 is 0 Å². The highest BCUT2D eigenvalue weighted by atomic mass is 79.9. The topological polar surface area (TPSA) is 16.4 Å². The number of fused-ring (bicyclic) bond motifs is 2. The lowest BCUT2D eigenvalue weighted by molar-refractivity contribution is -0.537. The number of rotatable bonds is 4. The molecule has 0 fully saturated rings. The van der Waals surface area contributed by atoms with E-state index in [9.17, 15) is 0 Å². The predicted molar refractivity (Wildman–Crippen MR) is 144 cm³/mol. The first kappa shape index (κ1) is 24.7. The molecule has 1 heterocycles. The van der Waals surface area contributed by atoms with E-state index in [4.69, 9.17) is 4.74 Å². The molecule has 0 bridgehead atoms. The zero-order valence-electron chi connectivity index (χ0n) is 21.2. The Morgan fingerprint density at radius 2 is 1.40 bits per heavy atom. The minimum absolute atomic E-state index is 0. The Kier molecular flexibility index (Phi) is 6.86.